The summed E-state index contributed by atoms with van der Waals surface area (Å²) in [5, 5.41) is 3.23. The van der Waals surface area contributed by atoms with Gasteiger partial charge in [-0.1, -0.05) is 20.3 Å². The first kappa shape index (κ1) is 19.7. The second-order valence-electron chi connectivity index (χ2n) is 8.24. The molecule has 0 aromatic rings. The van der Waals surface area contributed by atoms with Crippen molar-refractivity contribution in [3.8, 4) is 0 Å². The van der Waals surface area contributed by atoms with Crippen LogP contribution in [0.5, 0.6) is 0 Å². The van der Waals surface area contributed by atoms with Crippen LogP contribution in [0.1, 0.15) is 46.5 Å². The van der Waals surface area contributed by atoms with E-state index in [2.05, 4.69) is 31.0 Å². The summed E-state index contributed by atoms with van der Waals surface area (Å²) in [5.41, 5.74) is 5.82. The van der Waals surface area contributed by atoms with E-state index in [-0.39, 0.29) is 23.7 Å². The molecular formula is C17H34ClN3O. The van der Waals surface area contributed by atoms with Gasteiger partial charge >= 0.3 is 0 Å². The Hall–Kier alpha value is -0.320. The quantitative estimate of drug-likeness (QED) is 0.752. The van der Waals surface area contributed by atoms with Crippen molar-refractivity contribution in [1.29, 1.82) is 0 Å². The van der Waals surface area contributed by atoms with E-state index in [9.17, 15) is 4.79 Å². The van der Waals surface area contributed by atoms with Crippen molar-refractivity contribution in [3.63, 3.8) is 0 Å². The highest BCUT2D eigenvalue weighted by Crippen LogP contribution is 2.49. The van der Waals surface area contributed by atoms with Gasteiger partial charge in [0.1, 0.15) is 0 Å². The van der Waals surface area contributed by atoms with E-state index >= 15 is 0 Å². The minimum absolute atomic E-state index is 0. The molecule has 5 heteroatoms. The fourth-order valence-corrected chi connectivity index (χ4v) is 4.41. The number of carbonyl (C=O) groups is 1. The van der Waals surface area contributed by atoms with Gasteiger partial charge < -0.3 is 11.1 Å². The number of nitrogens with two attached hydrogens (primary N) is 1. The third-order valence-electron chi connectivity index (χ3n) is 5.49. The number of nitrogens with one attached hydrogen (secondary N) is 1. The van der Waals surface area contributed by atoms with Crippen LogP contribution < -0.4 is 11.1 Å². The lowest BCUT2D eigenvalue weighted by Gasteiger charge is -2.31. The number of carbonyl (C=O) groups excluding carboxylic acids is 1. The lowest BCUT2D eigenvalue weighted by molar-refractivity contribution is -0.123. The van der Waals surface area contributed by atoms with E-state index in [4.69, 9.17) is 5.73 Å². The largest absolute Gasteiger partial charge is 0.352 e. The van der Waals surface area contributed by atoms with E-state index in [1.807, 2.05) is 7.05 Å². The maximum Gasteiger partial charge on any atom is 0.234 e. The minimum Gasteiger partial charge on any atom is -0.352 e. The Balaban J connectivity index is 0.00000242. The molecule has 2 aliphatic rings. The number of hydrogen-bond acceptors (Lipinski definition) is 3. The number of halogens is 1. The molecular weight excluding hydrogens is 298 g/mol. The van der Waals surface area contributed by atoms with Crippen molar-refractivity contribution in [2.75, 3.05) is 26.7 Å². The third kappa shape index (κ3) is 5.10. The number of rotatable bonds is 7. The SMILES string of the molecule is CC(NC(=O)CN(C)CC(C)(C)CN)C1CC2CCC1C2.Cl. The predicted octanol–water partition coefficient (Wildman–Crippen LogP) is 2.27. The topological polar surface area (TPSA) is 58.4 Å². The maximum absolute atomic E-state index is 12.2. The zero-order chi connectivity index (χ0) is 15.6. The zero-order valence-corrected chi connectivity index (χ0v) is 15.4. The Kier molecular flexibility index (Phi) is 7.16. The molecule has 2 bridgehead atoms. The van der Waals surface area contributed by atoms with Crippen molar-refractivity contribution < 1.29 is 4.79 Å². The molecule has 130 valence electrons. The average molecular weight is 332 g/mol. The molecule has 0 aromatic carbocycles. The summed E-state index contributed by atoms with van der Waals surface area (Å²) in [6, 6.07) is 0.323. The minimum atomic E-state index is 0. The summed E-state index contributed by atoms with van der Waals surface area (Å²) >= 11 is 0. The molecule has 4 unspecified atom stereocenters. The highest BCUT2D eigenvalue weighted by atomic mass is 35.5. The second-order valence-corrected chi connectivity index (χ2v) is 8.24. The Morgan fingerprint density at radius 1 is 1.36 bits per heavy atom. The van der Waals surface area contributed by atoms with Gasteiger partial charge in [-0.2, -0.15) is 0 Å². The number of likely N-dealkylation sites (N-methyl/N-ethyl adjacent to an activating group) is 1. The van der Waals surface area contributed by atoms with Gasteiger partial charge in [-0.15, -0.1) is 12.4 Å². The number of nitrogens with zero attached hydrogens (tertiary/aromatic N) is 1. The molecule has 2 aliphatic carbocycles. The van der Waals surface area contributed by atoms with Crippen LogP contribution in [0.25, 0.3) is 0 Å². The number of amides is 1. The van der Waals surface area contributed by atoms with E-state index in [0.29, 0.717) is 25.0 Å². The lowest BCUT2D eigenvalue weighted by Crippen LogP contribution is -2.46. The molecule has 2 rings (SSSR count). The fourth-order valence-electron chi connectivity index (χ4n) is 4.41. The summed E-state index contributed by atoms with van der Waals surface area (Å²) in [6.07, 6.45) is 5.51. The van der Waals surface area contributed by atoms with Gasteiger partial charge in [0.2, 0.25) is 5.91 Å². The van der Waals surface area contributed by atoms with Crippen molar-refractivity contribution in [3.05, 3.63) is 0 Å². The Labute approximate surface area is 142 Å². The van der Waals surface area contributed by atoms with E-state index in [1.165, 1.54) is 25.7 Å². The highest BCUT2D eigenvalue weighted by Gasteiger charge is 2.42. The van der Waals surface area contributed by atoms with E-state index in [0.717, 1.165) is 18.4 Å². The van der Waals surface area contributed by atoms with Crippen LogP contribution in [-0.4, -0.2) is 43.5 Å². The van der Waals surface area contributed by atoms with E-state index < -0.39 is 0 Å². The van der Waals surface area contributed by atoms with Crippen LogP contribution in [0.3, 0.4) is 0 Å². The van der Waals surface area contributed by atoms with Crippen LogP contribution in [-0.2, 0) is 4.79 Å². The van der Waals surface area contributed by atoms with Crippen molar-refractivity contribution >= 4 is 18.3 Å². The van der Waals surface area contributed by atoms with Gasteiger partial charge in [-0.05, 0) is 62.9 Å². The average Bonchev–Trinajstić information content (AvgIpc) is 2.99. The molecule has 22 heavy (non-hydrogen) atoms. The molecule has 0 saturated heterocycles. The molecule has 1 amide bonds. The summed E-state index contributed by atoms with van der Waals surface area (Å²) in [5.74, 6) is 2.66. The predicted molar refractivity (Wildman–Crippen MR) is 94.1 cm³/mol. The molecule has 0 aliphatic heterocycles. The smallest absolute Gasteiger partial charge is 0.234 e. The van der Waals surface area contributed by atoms with Crippen LogP contribution in [0.15, 0.2) is 0 Å². The molecule has 0 spiro atoms. The Morgan fingerprint density at radius 3 is 2.55 bits per heavy atom. The molecule has 0 radical (unpaired) electrons. The van der Waals surface area contributed by atoms with Crippen LogP contribution in [0.2, 0.25) is 0 Å². The maximum atomic E-state index is 12.2. The van der Waals surface area contributed by atoms with Gasteiger partial charge in [-0.25, -0.2) is 0 Å². The zero-order valence-electron chi connectivity index (χ0n) is 14.6. The second kappa shape index (κ2) is 7.98. The first-order valence-corrected chi connectivity index (χ1v) is 8.48. The molecule has 2 saturated carbocycles. The standard InChI is InChI=1S/C17H33N3O.ClH/c1-12(15-8-13-5-6-14(15)7-13)19-16(21)9-20(4)11-17(2,3)10-18;/h12-15H,5-11,18H2,1-4H3,(H,19,21);1H. The normalized spacial score (nSPS) is 28.5. The van der Waals surface area contributed by atoms with Gasteiger partial charge in [-0.3, -0.25) is 9.69 Å². The Bertz CT molecular complexity index is 375. The number of hydrogen-bond donors (Lipinski definition) is 2. The summed E-state index contributed by atoms with van der Waals surface area (Å²) in [4.78, 5) is 14.3. The Morgan fingerprint density at radius 2 is 2.05 bits per heavy atom. The first-order chi connectivity index (χ1) is 9.80. The molecule has 2 fully saturated rings. The summed E-state index contributed by atoms with van der Waals surface area (Å²) in [6.45, 7) is 8.42. The molecule has 3 N–H and O–H groups in total. The van der Waals surface area contributed by atoms with Gasteiger partial charge in [0, 0.05) is 12.6 Å². The van der Waals surface area contributed by atoms with E-state index in [1.54, 1.807) is 0 Å². The van der Waals surface area contributed by atoms with Crippen molar-refractivity contribution in [1.82, 2.24) is 10.2 Å². The van der Waals surface area contributed by atoms with Gasteiger partial charge in [0.25, 0.3) is 0 Å². The number of fused-ring (bicyclic) bond motifs is 2. The monoisotopic (exact) mass is 331 g/mol. The third-order valence-corrected chi connectivity index (χ3v) is 5.49. The highest BCUT2D eigenvalue weighted by molar-refractivity contribution is 5.85. The van der Waals surface area contributed by atoms with Crippen LogP contribution >= 0.6 is 12.4 Å². The molecule has 0 aromatic heterocycles. The van der Waals surface area contributed by atoms with Crippen LogP contribution in [0, 0.1) is 23.2 Å². The first-order valence-electron chi connectivity index (χ1n) is 8.48. The van der Waals surface area contributed by atoms with Gasteiger partial charge in [0.05, 0.1) is 6.54 Å². The molecule has 0 heterocycles. The fraction of sp³-hybridized carbons (Fsp3) is 0.941. The van der Waals surface area contributed by atoms with Crippen LogP contribution in [0.4, 0.5) is 0 Å². The van der Waals surface area contributed by atoms with Crippen molar-refractivity contribution in [2.24, 2.45) is 28.9 Å². The summed E-state index contributed by atoms with van der Waals surface area (Å²) in [7, 11) is 2.00. The van der Waals surface area contributed by atoms with Crippen molar-refractivity contribution in [2.45, 2.75) is 52.5 Å². The summed E-state index contributed by atoms with van der Waals surface area (Å²) < 4.78 is 0. The van der Waals surface area contributed by atoms with Gasteiger partial charge in [0.15, 0.2) is 0 Å². The lowest BCUT2D eigenvalue weighted by atomic mass is 9.84. The molecule has 4 nitrogen and oxygen atoms in total. The molecule has 4 atom stereocenters.